The van der Waals surface area contributed by atoms with E-state index in [2.05, 4.69) is 25.9 Å². The summed E-state index contributed by atoms with van der Waals surface area (Å²) in [6, 6.07) is 11.8. The SMILES string of the molecule is N#CCCN1CCC(C(c2ccc(C(N)=O)cc2)c2nc3c(cnc4[nH]ccc43)[nH]2)CC1. The Morgan fingerprint density at radius 3 is 2.75 bits per heavy atom. The first-order valence-corrected chi connectivity index (χ1v) is 10.9. The van der Waals surface area contributed by atoms with Gasteiger partial charge in [0.15, 0.2) is 0 Å². The minimum atomic E-state index is -0.427. The van der Waals surface area contributed by atoms with Gasteiger partial charge in [-0.2, -0.15) is 5.26 Å². The molecule has 3 aromatic heterocycles. The fourth-order valence-corrected chi connectivity index (χ4v) is 4.87. The number of aromatic nitrogens is 4. The predicted octanol–water partition coefficient (Wildman–Crippen LogP) is 3.30. The van der Waals surface area contributed by atoms with Gasteiger partial charge in [-0.05, 0) is 55.6 Å². The second-order valence-corrected chi connectivity index (χ2v) is 8.43. The number of imidazole rings is 1. The number of hydrogen-bond donors (Lipinski definition) is 3. The molecule has 8 nitrogen and oxygen atoms in total. The Kier molecular flexibility index (Phi) is 5.33. The van der Waals surface area contributed by atoms with E-state index in [1.54, 1.807) is 12.1 Å². The van der Waals surface area contributed by atoms with Gasteiger partial charge in [-0.25, -0.2) is 9.97 Å². The Morgan fingerprint density at radius 2 is 2.03 bits per heavy atom. The number of pyridine rings is 1. The van der Waals surface area contributed by atoms with Crippen LogP contribution in [0.2, 0.25) is 0 Å². The first-order chi connectivity index (χ1) is 15.6. The van der Waals surface area contributed by atoms with E-state index >= 15 is 0 Å². The minimum Gasteiger partial charge on any atom is -0.366 e. The van der Waals surface area contributed by atoms with Crippen molar-refractivity contribution in [3.63, 3.8) is 0 Å². The summed E-state index contributed by atoms with van der Waals surface area (Å²) in [4.78, 5) is 30.1. The molecule has 1 aromatic carbocycles. The molecule has 0 spiro atoms. The lowest BCUT2D eigenvalue weighted by Gasteiger charge is -2.35. The van der Waals surface area contributed by atoms with Crippen LogP contribution in [0.4, 0.5) is 0 Å². The van der Waals surface area contributed by atoms with Crippen LogP contribution in [0.5, 0.6) is 0 Å². The lowest BCUT2D eigenvalue weighted by atomic mass is 9.79. The highest BCUT2D eigenvalue weighted by atomic mass is 16.1. The van der Waals surface area contributed by atoms with Crippen LogP contribution in [-0.4, -0.2) is 50.4 Å². The summed E-state index contributed by atoms with van der Waals surface area (Å²) >= 11 is 0. The maximum absolute atomic E-state index is 11.6. The molecular formula is C24H25N7O. The lowest BCUT2D eigenvalue weighted by molar-refractivity contribution is 0.100. The van der Waals surface area contributed by atoms with Gasteiger partial charge in [0.25, 0.3) is 0 Å². The molecule has 0 radical (unpaired) electrons. The number of fused-ring (bicyclic) bond motifs is 3. The number of piperidine rings is 1. The molecule has 1 aliphatic rings. The summed E-state index contributed by atoms with van der Waals surface area (Å²) in [5.74, 6) is 0.945. The molecule has 32 heavy (non-hydrogen) atoms. The number of nitrogens with one attached hydrogen (secondary N) is 2. The summed E-state index contributed by atoms with van der Waals surface area (Å²) in [7, 11) is 0. The van der Waals surface area contributed by atoms with E-state index in [9.17, 15) is 4.79 Å². The van der Waals surface area contributed by atoms with Crippen molar-refractivity contribution in [2.75, 3.05) is 19.6 Å². The molecule has 1 saturated heterocycles. The van der Waals surface area contributed by atoms with Gasteiger partial charge in [-0.1, -0.05) is 12.1 Å². The minimum absolute atomic E-state index is 0.0661. The molecule has 1 fully saturated rings. The van der Waals surface area contributed by atoms with E-state index in [1.165, 1.54) is 0 Å². The number of hydrogen-bond acceptors (Lipinski definition) is 5. The monoisotopic (exact) mass is 427 g/mol. The average Bonchev–Trinajstić information content (AvgIpc) is 3.45. The Balaban J connectivity index is 1.52. The molecule has 162 valence electrons. The number of likely N-dealkylation sites (tertiary alicyclic amines) is 1. The Morgan fingerprint density at radius 1 is 1.25 bits per heavy atom. The number of H-pyrrole nitrogens is 2. The molecule has 1 atom stereocenters. The maximum atomic E-state index is 11.6. The lowest BCUT2D eigenvalue weighted by Crippen LogP contribution is -2.36. The molecule has 0 bridgehead atoms. The molecule has 1 amide bonds. The van der Waals surface area contributed by atoms with Crippen LogP contribution in [0.3, 0.4) is 0 Å². The van der Waals surface area contributed by atoms with Gasteiger partial charge in [0.1, 0.15) is 17.0 Å². The number of amides is 1. The molecule has 0 saturated carbocycles. The zero-order valence-corrected chi connectivity index (χ0v) is 17.7. The van der Waals surface area contributed by atoms with Crippen LogP contribution < -0.4 is 5.73 Å². The first-order valence-electron chi connectivity index (χ1n) is 10.9. The molecule has 4 N–H and O–H groups in total. The highest BCUT2D eigenvalue weighted by molar-refractivity contribution is 6.00. The molecule has 0 aliphatic carbocycles. The van der Waals surface area contributed by atoms with Crippen LogP contribution in [0.25, 0.3) is 22.1 Å². The number of nitrogens with two attached hydrogens (primary N) is 1. The summed E-state index contributed by atoms with van der Waals surface area (Å²) in [6.07, 6.45) is 6.29. The van der Waals surface area contributed by atoms with Crippen LogP contribution in [0.15, 0.2) is 42.7 Å². The van der Waals surface area contributed by atoms with E-state index in [1.807, 2.05) is 30.6 Å². The van der Waals surface area contributed by atoms with Crippen molar-refractivity contribution in [2.24, 2.45) is 11.7 Å². The normalized spacial score (nSPS) is 16.3. The fourth-order valence-electron chi connectivity index (χ4n) is 4.87. The second-order valence-electron chi connectivity index (χ2n) is 8.43. The third-order valence-corrected chi connectivity index (χ3v) is 6.55. The number of carbonyl (C=O) groups excluding carboxylic acids is 1. The standard InChI is InChI=1S/C24H25N7O/c25-9-1-11-31-12-7-16(8-13-31)20(15-2-4-17(5-3-15)22(26)32)24-29-19-14-28-23-18(6-10-27-23)21(19)30-24/h2-6,10,14,16,20H,1,7-8,11-13H2,(H2,26,32)(H,27,28)(H,29,30). The van der Waals surface area contributed by atoms with Gasteiger partial charge < -0.3 is 20.6 Å². The van der Waals surface area contributed by atoms with E-state index in [0.29, 0.717) is 17.9 Å². The van der Waals surface area contributed by atoms with E-state index in [-0.39, 0.29) is 5.92 Å². The van der Waals surface area contributed by atoms with Gasteiger partial charge in [0, 0.05) is 36.0 Å². The van der Waals surface area contributed by atoms with E-state index in [0.717, 1.165) is 65.9 Å². The molecule has 4 aromatic rings. The van der Waals surface area contributed by atoms with Crippen LogP contribution in [-0.2, 0) is 0 Å². The van der Waals surface area contributed by atoms with Crippen molar-refractivity contribution in [3.05, 3.63) is 59.7 Å². The number of nitrogens with zero attached hydrogens (tertiary/aromatic N) is 4. The topological polar surface area (TPSA) is 127 Å². The number of primary amides is 1. The maximum Gasteiger partial charge on any atom is 0.248 e. The fraction of sp³-hybridized carbons (Fsp3) is 0.333. The quantitative estimate of drug-likeness (QED) is 0.435. The first kappa shape index (κ1) is 20.2. The number of rotatable bonds is 6. The van der Waals surface area contributed by atoms with Crippen LogP contribution in [0, 0.1) is 17.2 Å². The Labute approximate surface area is 185 Å². The Hall–Kier alpha value is -3.70. The molecular weight excluding hydrogens is 402 g/mol. The van der Waals surface area contributed by atoms with E-state index < -0.39 is 5.91 Å². The van der Waals surface area contributed by atoms with E-state index in [4.69, 9.17) is 16.0 Å². The Bertz CT molecular complexity index is 1290. The van der Waals surface area contributed by atoms with Crippen LogP contribution in [0.1, 0.15) is 46.9 Å². The van der Waals surface area contributed by atoms with Crippen molar-refractivity contribution >= 4 is 28.0 Å². The third kappa shape index (κ3) is 3.72. The molecule has 1 aliphatic heterocycles. The number of aromatic amines is 2. The number of benzene rings is 1. The van der Waals surface area contributed by atoms with Gasteiger partial charge >= 0.3 is 0 Å². The van der Waals surface area contributed by atoms with Gasteiger partial charge in [-0.3, -0.25) is 4.79 Å². The summed E-state index contributed by atoms with van der Waals surface area (Å²) in [6.45, 7) is 2.75. The highest BCUT2D eigenvalue weighted by Gasteiger charge is 2.31. The van der Waals surface area contributed by atoms with Crippen molar-refractivity contribution < 1.29 is 4.79 Å². The zero-order valence-electron chi connectivity index (χ0n) is 17.7. The van der Waals surface area contributed by atoms with Crippen molar-refractivity contribution in [1.82, 2.24) is 24.8 Å². The summed E-state index contributed by atoms with van der Waals surface area (Å²) in [5.41, 5.74) is 9.71. The smallest absolute Gasteiger partial charge is 0.248 e. The third-order valence-electron chi connectivity index (χ3n) is 6.55. The number of carbonyl (C=O) groups is 1. The van der Waals surface area contributed by atoms with Crippen molar-refractivity contribution in [1.29, 1.82) is 5.26 Å². The zero-order chi connectivity index (χ0) is 22.1. The summed E-state index contributed by atoms with van der Waals surface area (Å²) in [5, 5.41) is 9.89. The van der Waals surface area contributed by atoms with Crippen LogP contribution >= 0.6 is 0 Å². The molecule has 4 heterocycles. The predicted molar refractivity (Wildman–Crippen MR) is 122 cm³/mol. The van der Waals surface area contributed by atoms with Gasteiger partial charge in [0.2, 0.25) is 5.91 Å². The summed E-state index contributed by atoms with van der Waals surface area (Å²) < 4.78 is 0. The van der Waals surface area contributed by atoms with Gasteiger partial charge in [0.05, 0.1) is 17.8 Å². The van der Waals surface area contributed by atoms with Gasteiger partial charge in [-0.15, -0.1) is 0 Å². The average molecular weight is 428 g/mol. The van der Waals surface area contributed by atoms with Crippen molar-refractivity contribution in [2.45, 2.75) is 25.2 Å². The largest absolute Gasteiger partial charge is 0.366 e. The molecule has 5 rings (SSSR count). The molecule has 1 unspecified atom stereocenters. The number of nitriles is 1. The molecule has 8 heteroatoms. The second kappa shape index (κ2) is 8.44. The van der Waals surface area contributed by atoms with Crippen molar-refractivity contribution in [3.8, 4) is 6.07 Å². The highest BCUT2D eigenvalue weighted by Crippen LogP contribution is 2.38.